The summed E-state index contributed by atoms with van der Waals surface area (Å²) in [6, 6.07) is 10.6. The Hall–Kier alpha value is -1.49. The van der Waals surface area contributed by atoms with Crippen molar-refractivity contribution in [1.82, 2.24) is 10.3 Å². The highest BCUT2D eigenvalue weighted by atomic mass is 35.5. The summed E-state index contributed by atoms with van der Waals surface area (Å²) >= 11 is 11.6. The van der Waals surface area contributed by atoms with E-state index in [0.717, 1.165) is 5.56 Å². The molecular weight excluding hydrogens is 311 g/mol. The van der Waals surface area contributed by atoms with E-state index >= 15 is 0 Å². The van der Waals surface area contributed by atoms with Crippen LogP contribution in [0.15, 0.2) is 36.4 Å². The first-order chi connectivity index (χ1) is 9.97. The lowest BCUT2D eigenvalue weighted by atomic mass is 10.0. The topological polar surface area (TPSA) is 65.1 Å². The number of halogens is 2. The molecule has 0 bridgehead atoms. The summed E-state index contributed by atoms with van der Waals surface area (Å²) in [5, 5.41) is 13.5. The standard InChI is InChI=1S/C15H16Cl2N2O2/c1-9(7-13(20)10-5-3-2-4-6-10)18-15(21)12-8-11(16)14(17)19-12/h2-6,8-9,13,19-20H,7H2,1H3,(H,18,21). The molecule has 1 amide bonds. The van der Waals surface area contributed by atoms with Crippen molar-refractivity contribution >= 4 is 29.1 Å². The van der Waals surface area contributed by atoms with Gasteiger partial charge in [0.25, 0.3) is 5.91 Å². The zero-order chi connectivity index (χ0) is 15.4. The van der Waals surface area contributed by atoms with E-state index < -0.39 is 6.10 Å². The summed E-state index contributed by atoms with van der Waals surface area (Å²) in [7, 11) is 0. The maximum absolute atomic E-state index is 12.0. The van der Waals surface area contributed by atoms with Crippen LogP contribution in [0.3, 0.4) is 0 Å². The van der Waals surface area contributed by atoms with E-state index in [-0.39, 0.29) is 17.1 Å². The number of benzene rings is 1. The maximum atomic E-state index is 12.0. The Labute approximate surface area is 133 Å². The van der Waals surface area contributed by atoms with Gasteiger partial charge >= 0.3 is 0 Å². The Morgan fingerprint density at radius 1 is 1.33 bits per heavy atom. The zero-order valence-corrected chi connectivity index (χ0v) is 12.9. The Morgan fingerprint density at radius 2 is 2.00 bits per heavy atom. The largest absolute Gasteiger partial charge is 0.388 e. The van der Waals surface area contributed by atoms with Crippen LogP contribution >= 0.6 is 23.2 Å². The molecular formula is C15H16Cl2N2O2. The molecule has 2 unspecified atom stereocenters. The number of H-pyrrole nitrogens is 1. The molecule has 0 aliphatic rings. The molecule has 21 heavy (non-hydrogen) atoms. The molecule has 1 aromatic carbocycles. The van der Waals surface area contributed by atoms with Crippen LogP contribution in [0.25, 0.3) is 0 Å². The third kappa shape index (κ3) is 4.24. The smallest absolute Gasteiger partial charge is 0.267 e. The summed E-state index contributed by atoms with van der Waals surface area (Å²) in [6.07, 6.45) is -0.213. The predicted octanol–water partition coefficient (Wildman–Crippen LogP) is 3.56. The number of aromatic amines is 1. The van der Waals surface area contributed by atoms with Crippen molar-refractivity contribution in [3.63, 3.8) is 0 Å². The van der Waals surface area contributed by atoms with Gasteiger partial charge in [-0.3, -0.25) is 4.79 Å². The Kier molecular flexibility index (Phi) is 5.28. The number of carbonyl (C=O) groups excluding carboxylic acids is 1. The van der Waals surface area contributed by atoms with Gasteiger partial charge in [-0.15, -0.1) is 0 Å². The lowest BCUT2D eigenvalue weighted by Crippen LogP contribution is -2.34. The third-order valence-electron chi connectivity index (χ3n) is 3.11. The van der Waals surface area contributed by atoms with Gasteiger partial charge in [0.1, 0.15) is 10.8 Å². The average molecular weight is 327 g/mol. The second-order valence-electron chi connectivity index (χ2n) is 4.88. The fourth-order valence-corrected chi connectivity index (χ4v) is 2.35. The summed E-state index contributed by atoms with van der Waals surface area (Å²) in [5.41, 5.74) is 1.12. The van der Waals surface area contributed by atoms with E-state index in [0.29, 0.717) is 17.1 Å². The van der Waals surface area contributed by atoms with E-state index in [2.05, 4.69) is 10.3 Å². The highest BCUT2D eigenvalue weighted by Gasteiger charge is 2.17. The van der Waals surface area contributed by atoms with Crippen molar-refractivity contribution in [3.8, 4) is 0 Å². The molecule has 0 aliphatic heterocycles. The molecule has 2 atom stereocenters. The molecule has 0 fully saturated rings. The lowest BCUT2D eigenvalue weighted by molar-refractivity contribution is 0.0912. The van der Waals surface area contributed by atoms with Gasteiger partial charge < -0.3 is 15.4 Å². The first-order valence-electron chi connectivity index (χ1n) is 6.55. The summed E-state index contributed by atoms with van der Waals surface area (Å²) in [5.74, 6) is -0.309. The number of rotatable bonds is 5. The summed E-state index contributed by atoms with van der Waals surface area (Å²) < 4.78 is 0. The monoisotopic (exact) mass is 326 g/mol. The van der Waals surface area contributed by atoms with Crippen LogP contribution in [-0.2, 0) is 0 Å². The fourth-order valence-electron chi connectivity index (χ4n) is 2.03. The summed E-state index contributed by atoms with van der Waals surface area (Å²) in [6.45, 7) is 1.83. The van der Waals surface area contributed by atoms with E-state index in [1.54, 1.807) is 0 Å². The minimum Gasteiger partial charge on any atom is -0.388 e. The van der Waals surface area contributed by atoms with Crippen molar-refractivity contribution in [1.29, 1.82) is 0 Å². The minimum atomic E-state index is -0.627. The van der Waals surface area contributed by atoms with Crippen LogP contribution in [0.4, 0.5) is 0 Å². The van der Waals surface area contributed by atoms with E-state index in [1.807, 2.05) is 37.3 Å². The molecule has 0 aliphatic carbocycles. The number of hydrogen-bond acceptors (Lipinski definition) is 2. The van der Waals surface area contributed by atoms with Crippen LogP contribution in [0.2, 0.25) is 10.2 Å². The van der Waals surface area contributed by atoms with Crippen molar-refractivity contribution in [2.24, 2.45) is 0 Å². The number of aromatic nitrogens is 1. The molecule has 0 spiro atoms. The SMILES string of the molecule is CC(CC(O)c1ccccc1)NC(=O)c1cc(Cl)c(Cl)[nH]1. The second kappa shape index (κ2) is 6.98. The van der Waals surface area contributed by atoms with Crippen LogP contribution < -0.4 is 5.32 Å². The van der Waals surface area contributed by atoms with E-state index in [4.69, 9.17) is 23.2 Å². The van der Waals surface area contributed by atoms with Gasteiger partial charge in [0.05, 0.1) is 11.1 Å². The first-order valence-corrected chi connectivity index (χ1v) is 7.31. The molecule has 1 aromatic heterocycles. The molecule has 0 radical (unpaired) electrons. The van der Waals surface area contributed by atoms with Gasteiger partial charge in [-0.2, -0.15) is 0 Å². The third-order valence-corrected chi connectivity index (χ3v) is 3.80. The molecule has 1 heterocycles. The van der Waals surface area contributed by atoms with E-state index in [9.17, 15) is 9.90 Å². The molecule has 0 saturated carbocycles. The van der Waals surface area contributed by atoms with Crippen LogP contribution in [0, 0.1) is 0 Å². The second-order valence-corrected chi connectivity index (χ2v) is 5.67. The molecule has 2 aromatic rings. The fraction of sp³-hybridized carbons (Fsp3) is 0.267. The number of nitrogens with one attached hydrogen (secondary N) is 2. The van der Waals surface area contributed by atoms with Gasteiger partial charge in [0.2, 0.25) is 0 Å². The number of amides is 1. The number of carbonyl (C=O) groups is 1. The number of aliphatic hydroxyl groups is 1. The van der Waals surface area contributed by atoms with Gasteiger partial charge in [-0.25, -0.2) is 0 Å². The predicted molar refractivity (Wildman–Crippen MR) is 83.8 cm³/mol. The average Bonchev–Trinajstić information content (AvgIpc) is 2.79. The summed E-state index contributed by atoms with van der Waals surface area (Å²) in [4.78, 5) is 14.7. The number of hydrogen-bond donors (Lipinski definition) is 3. The first kappa shape index (κ1) is 15.9. The number of aliphatic hydroxyl groups excluding tert-OH is 1. The maximum Gasteiger partial charge on any atom is 0.267 e. The van der Waals surface area contributed by atoms with Crippen LogP contribution in [-0.4, -0.2) is 22.0 Å². The highest BCUT2D eigenvalue weighted by Crippen LogP contribution is 2.22. The van der Waals surface area contributed by atoms with Crippen LogP contribution in [0.1, 0.15) is 35.5 Å². The van der Waals surface area contributed by atoms with Crippen molar-refractivity contribution in [2.45, 2.75) is 25.5 Å². The van der Waals surface area contributed by atoms with Gasteiger partial charge in [-0.05, 0) is 25.0 Å². The molecule has 2 rings (SSSR count). The van der Waals surface area contributed by atoms with Crippen molar-refractivity contribution in [3.05, 3.63) is 57.8 Å². The molecule has 0 saturated heterocycles. The Balaban J connectivity index is 1.92. The van der Waals surface area contributed by atoms with E-state index in [1.165, 1.54) is 6.07 Å². The Bertz CT molecular complexity index is 594. The Morgan fingerprint density at radius 3 is 2.57 bits per heavy atom. The van der Waals surface area contributed by atoms with Crippen LogP contribution in [0.5, 0.6) is 0 Å². The molecule has 6 heteroatoms. The minimum absolute atomic E-state index is 0.200. The van der Waals surface area contributed by atoms with Gasteiger partial charge in [-0.1, -0.05) is 53.5 Å². The molecule has 4 nitrogen and oxygen atoms in total. The quantitative estimate of drug-likeness (QED) is 0.786. The van der Waals surface area contributed by atoms with Gasteiger partial charge in [0.15, 0.2) is 0 Å². The zero-order valence-electron chi connectivity index (χ0n) is 11.4. The van der Waals surface area contributed by atoms with Crippen molar-refractivity contribution < 1.29 is 9.90 Å². The highest BCUT2D eigenvalue weighted by molar-refractivity contribution is 6.41. The molecule has 112 valence electrons. The normalized spacial score (nSPS) is 13.7. The van der Waals surface area contributed by atoms with Crippen molar-refractivity contribution in [2.75, 3.05) is 0 Å². The lowest BCUT2D eigenvalue weighted by Gasteiger charge is -2.17. The molecule has 3 N–H and O–H groups in total. The van der Waals surface area contributed by atoms with Gasteiger partial charge in [0, 0.05) is 6.04 Å².